The van der Waals surface area contributed by atoms with Crippen LogP contribution in [0.4, 0.5) is 0 Å². The van der Waals surface area contributed by atoms with E-state index in [0.717, 1.165) is 12.8 Å². The maximum atomic E-state index is 12.3. The van der Waals surface area contributed by atoms with Gasteiger partial charge in [-0.3, -0.25) is 4.79 Å². The normalized spacial score (nSPS) is 15.9. The summed E-state index contributed by atoms with van der Waals surface area (Å²) in [5.41, 5.74) is 1.77. The first-order valence-corrected chi connectivity index (χ1v) is 8.01. The molecule has 5 heteroatoms. The first kappa shape index (κ1) is 15.3. The lowest BCUT2D eigenvalue weighted by molar-refractivity contribution is 0.0927. The van der Waals surface area contributed by atoms with E-state index in [4.69, 9.17) is 23.2 Å². The van der Waals surface area contributed by atoms with Crippen LogP contribution in [0.5, 0.6) is 0 Å². The van der Waals surface area contributed by atoms with Gasteiger partial charge in [0.05, 0.1) is 10.6 Å². The zero-order chi connectivity index (χ0) is 15.6. The van der Waals surface area contributed by atoms with Gasteiger partial charge < -0.3 is 5.32 Å². The third-order valence-electron chi connectivity index (χ3n) is 4.34. The average molecular weight is 335 g/mol. The molecular formula is C17H16Cl2N2O. The molecule has 0 saturated heterocycles. The predicted molar refractivity (Wildman–Crippen MR) is 88.6 cm³/mol. The van der Waals surface area contributed by atoms with E-state index in [0.29, 0.717) is 12.1 Å². The number of benzene rings is 1. The molecule has 114 valence electrons. The molecule has 1 aromatic heterocycles. The summed E-state index contributed by atoms with van der Waals surface area (Å²) >= 11 is 11.7. The van der Waals surface area contributed by atoms with Crippen molar-refractivity contribution in [3.63, 3.8) is 0 Å². The van der Waals surface area contributed by atoms with Gasteiger partial charge in [0.2, 0.25) is 0 Å². The lowest BCUT2D eigenvalue weighted by Gasteiger charge is -2.42. The summed E-state index contributed by atoms with van der Waals surface area (Å²) in [4.78, 5) is 16.2. The maximum Gasteiger partial charge on any atom is 0.252 e. The number of hydrogen-bond donors (Lipinski definition) is 1. The number of nitrogens with one attached hydrogen (secondary N) is 1. The second-order valence-electron chi connectivity index (χ2n) is 5.68. The number of rotatable bonds is 4. The highest BCUT2D eigenvalue weighted by molar-refractivity contribution is 6.41. The second kappa shape index (κ2) is 6.27. The van der Waals surface area contributed by atoms with Crippen molar-refractivity contribution in [2.75, 3.05) is 6.54 Å². The highest BCUT2D eigenvalue weighted by atomic mass is 35.5. The topological polar surface area (TPSA) is 42.0 Å². The molecule has 3 nitrogen and oxygen atoms in total. The van der Waals surface area contributed by atoms with Crippen LogP contribution in [0.25, 0.3) is 0 Å². The summed E-state index contributed by atoms with van der Waals surface area (Å²) < 4.78 is 0. The molecule has 1 aliphatic rings. The third kappa shape index (κ3) is 2.96. The van der Waals surface area contributed by atoms with Crippen molar-refractivity contribution < 1.29 is 4.79 Å². The molecule has 1 heterocycles. The third-order valence-corrected chi connectivity index (χ3v) is 5.03. The molecule has 0 spiro atoms. The number of carbonyl (C=O) groups is 1. The van der Waals surface area contributed by atoms with E-state index in [1.54, 1.807) is 6.07 Å². The Morgan fingerprint density at radius 3 is 2.55 bits per heavy atom. The smallest absolute Gasteiger partial charge is 0.252 e. The van der Waals surface area contributed by atoms with Crippen LogP contribution in [0.3, 0.4) is 0 Å². The lowest BCUT2D eigenvalue weighted by atomic mass is 9.64. The summed E-state index contributed by atoms with van der Waals surface area (Å²) in [5.74, 6) is -0.173. The van der Waals surface area contributed by atoms with Gasteiger partial charge in [0.1, 0.15) is 5.15 Å². The Morgan fingerprint density at radius 2 is 1.95 bits per heavy atom. The maximum absolute atomic E-state index is 12.3. The number of pyridine rings is 1. The zero-order valence-electron chi connectivity index (χ0n) is 12.0. The van der Waals surface area contributed by atoms with E-state index in [9.17, 15) is 4.79 Å². The Hall–Kier alpha value is -1.58. The molecule has 1 aromatic carbocycles. The van der Waals surface area contributed by atoms with Crippen LogP contribution in [0, 0.1) is 0 Å². The van der Waals surface area contributed by atoms with Crippen LogP contribution in [0.2, 0.25) is 10.2 Å². The fraction of sp³-hybridized carbons (Fsp3) is 0.294. The number of halogens is 2. The SMILES string of the molecule is O=C(NCC1(c2ccccc2)CCC1)c1cnc(Cl)c(Cl)c1. The Morgan fingerprint density at radius 1 is 1.23 bits per heavy atom. The molecule has 2 aromatic rings. The summed E-state index contributed by atoms with van der Waals surface area (Å²) in [6.07, 6.45) is 4.83. The Bertz CT molecular complexity index is 684. The molecule has 0 unspecified atom stereocenters. The van der Waals surface area contributed by atoms with Crippen molar-refractivity contribution in [3.8, 4) is 0 Å². The molecule has 0 aliphatic heterocycles. The van der Waals surface area contributed by atoms with Crippen LogP contribution >= 0.6 is 23.2 Å². The molecule has 1 N–H and O–H groups in total. The minimum absolute atomic E-state index is 0.0561. The minimum Gasteiger partial charge on any atom is -0.351 e. The predicted octanol–water partition coefficient (Wildman–Crippen LogP) is 4.24. The van der Waals surface area contributed by atoms with Gasteiger partial charge in [-0.2, -0.15) is 0 Å². The monoisotopic (exact) mass is 334 g/mol. The molecule has 1 fully saturated rings. The van der Waals surface area contributed by atoms with E-state index in [1.807, 2.05) is 18.2 Å². The number of carbonyl (C=O) groups excluding carboxylic acids is 1. The van der Waals surface area contributed by atoms with Crippen molar-refractivity contribution in [2.45, 2.75) is 24.7 Å². The average Bonchev–Trinajstić information content (AvgIpc) is 2.50. The summed E-state index contributed by atoms with van der Waals surface area (Å²) in [5, 5.41) is 3.50. The van der Waals surface area contributed by atoms with Gasteiger partial charge in [0.25, 0.3) is 5.91 Å². The highest BCUT2D eigenvalue weighted by Gasteiger charge is 2.38. The molecule has 22 heavy (non-hydrogen) atoms. The molecule has 3 rings (SSSR count). The highest BCUT2D eigenvalue weighted by Crippen LogP contribution is 2.43. The van der Waals surface area contributed by atoms with E-state index in [2.05, 4.69) is 22.4 Å². The first-order valence-electron chi connectivity index (χ1n) is 7.25. The van der Waals surface area contributed by atoms with Crippen LogP contribution in [-0.4, -0.2) is 17.4 Å². The standard InChI is InChI=1S/C17H16Cl2N2O/c18-14-9-12(10-20-15(14)19)16(22)21-11-17(7-4-8-17)13-5-2-1-3-6-13/h1-3,5-6,9-10H,4,7-8,11H2,(H,21,22). The Balaban J connectivity index is 1.71. The molecular weight excluding hydrogens is 319 g/mol. The summed E-state index contributed by atoms with van der Waals surface area (Å²) in [7, 11) is 0. The van der Waals surface area contributed by atoms with Crippen LogP contribution < -0.4 is 5.32 Å². The largest absolute Gasteiger partial charge is 0.351 e. The van der Waals surface area contributed by atoms with E-state index in [-0.39, 0.29) is 21.5 Å². The number of amides is 1. The van der Waals surface area contributed by atoms with Gasteiger partial charge >= 0.3 is 0 Å². The van der Waals surface area contributed by atoms with Crippen molar-refractivity contribution in [1.29, 1.82) is 0 Å². The van der Waals surface area contributed by atoms with Gasteiger partial charge in [-0.05, 0) is 24.5 Å². The van der Waals surface area contributed by atoms with Crippen LogP contribution in [0.1, 0.15) is 35.2 Å². The Kier molecular flexibility index (Phi) is 4.37. The lowest BCUT2D eigenvalue weighted by Crippen LogP contribution is -2.45. The van der Waals surface area contributed by atoms with E-state index < -0.39 is 0 Å². The quantitative estimate of drug-likeness (QED) is 0.849. The van der Waals surface area contributed by atoms with Crippen molar-refractivity contribution in [1.82, 2.24) is 10.3 Å². The fourth-order valence-electron chi connectivity index (χ4n) is 2.86. The van der Waals surface area contributed by atoms with Crippen molar-refractivity contribution in [3.05, 3.63) is 63.9 Å². The summed E-state index contributed by atoms with van der Waals surface area (Å²) in [6, 6.07) is 11.9. The van der Waals surface area contributed by atoms with Gasteiger partial charge in [0.15, 0.2) is 0 Å². The van der Waals surface area contributed by atoms with Gasteiger partial charge in [0, 0.05) is 18.2 Å². The fourth-order valence-corrected chi connectivity index (χ4v) is 3.13. The molecule has 1 amide bonds. The van der Waals surface area contributed by atoms with E-state index >= 15 is 0 Å². The number of nitrogens with zero attached hydrogens (tertiary/aromatic N) is 1. The molecule has 1 aliphatic carbocycles. The molecule has 0 radical (unpaired) electrons. The van der Waals surface area contributed by atoms with Crippen LogP contribution in [0.15, 0.2) is 42.6 Å². The van der Waals surface area contributed by atoms with Gasteiger partial charge in [-0.25, -0.2) is 4.98 Å². The summed E-state index contributed by atoms with van der Waals surface area (Å²) in [6.45, 7) is 0.621. The number of hydrogen-bond acceptors (Lipinski definition) is 2. The van der Waals surface area contributed by atoms with Crippen molar-refractivity contribution in [2.24, 2.45) is 0 Å². The zero-order valence-corrected chi connectivity index (χ0v) is 13.5. The van der Waals surface area contributed by atoms with E-state index in [1.165, 1.54) is 18.2 Å². The first-order chi connectivity index (χ1) is 10.6. The molecule has 0 atom stereocenters. The van der Waals surface area contributed by atoms with Crippen molar-refractivity contribution >= 4 is 29.1 Å². The number of aromatic nitrogens is 1. The van der Waals surface area contributed by atoms with Gasteiger partial charge in [-0.15, -0.1) is 0 Å². The molecule has 1 saturated carbocycles. The minimum atomic E-state index is -0.173. The Labute approximate surface area is 139 Å². The molecule has 0 bridgehead atoms. The van der Waals surface area contributed by atoms with Crippen LogP contribution in [-0.2, 0) is 5.41 Å². The van der Waals surface area contributed by atoms with Gasteiger partial charge in [-0.1, -0.05) is 60.0 Å². The second-order valence-corrected chi connectivity index (χ2v) is 6.44.